The van der Waals surface area contributed by atoms with Crippen LogP contribution in [0.3, 0.4) is 0 Å². The van der Waals surface area contributed by atoms with Crippen LogP contribution in [0.2, 0.25) is 0 Å². The number of nitrogens with one attached hydrogen (secondary N) is 1. The van der Waals surface area contributed by atoms with Gasteiger partial charge >= 0.3 is 0 Å². The van der Waals surface area contributed by atoms with E-state index in [2.05, 4.69) is 5.32 Å². The molecule has 1 atom stereocenters. The number of hydrogen-bond donors (Lipinski definition) is 2. The summed E-state index contributed by atoms with van der Waals surface area (Å²) >= 11 is 0. The summed E-state index contributed by atoms with van der Waals surface area (Å²) in [5.41, 5.74) is 7.14. The highest BCUT2D eigenvalue weighted by molar-refractivity contribution is 5.94. The number of rotatable bonds is 7. The maximum Gasteiger partial charge on any atom is 0.251 e. The van der Waals surface area contributed by atoms with Gasteiger partial charge < -0.3 is 20.5 Å². The normalized spacial score (nSPS) is 11.1. The largest absolute Gasteiger partial charge is 0.493 e. The summed E-state index contributed by atoms with van der Waals surface area (Å²) in [5.74, 6) is 1.19. The van der Waals surface area contributed by atoms with Crippen molar-refractivity contribution >= 4 is 18.3 Å². The number of ether oxygens (including phenoxy) is 2. The maximum absolute atomic E-state index is 12.1. The van der Waals surface area contributed by atoms with E-state index in [4.69, 9.17) is 15.2 Å². The molecule has 0 aromatic heterocycles. The van der Waals surface area contributed by atoms with Gasteiger partial charge in [0.1, 0.15) is 6.10 Å². The summed E-state index contributed by atoms with van der Waals surface area (Å²) < 4.78 is 11.0. The molecule has 0 aliphatic rings. The Bertz CT molecular complexity index is 647. The van der Waals surface area contributed by atoms with Gasteiger partial charge in [0.2, 0.25) is 0 Å². The summed E-state index contributed by atoms with van der Waals surface area (Å²) in [6, 6.07) is 14.7. The Labute approximate surface area is 148 Å². The van der Waals surface area contributed by atoms with E-state index in [0.717, 1.165) is 5.56 Å². The Balaban J connectivity index is 0.00000288. The van der Waals surface area contributed by atoms with Crippen LogP contribution in [-0.4, -0.2) is 25.7 Å². The van der Waals surface area contributed by atoms with Crippen molar-refractivity contribution < 1.29 is 14.3 Å². The Morgan fingerprint density at radius 2 is 1.75 bits per heavy atom. The molecule has 2 aromatic carbocycles. The van der Waals surface area contributed by atoms with Crippen molar-refractivity contribution in [1.82, 2.24) is 5.32 Å². The number of para-hydroxylation sites is 2. The third kappa shape index (κ3) is 5.44. The van der Waals surface area contributed by atoms with E-state index in [1.54, 1.807) is 19.2 Å². The topological polar surface area (TPSA) is 73.6 Å². The van der Waals surface area contributed by atoms with E-state index in [-0.39, 0.29) is 24.4 Å². The molecule has 0 aliphatic heterocycles. The first-order chi connectivity index (χ1) is 11.1. The molecule has 1 amide bonds. The van der Waals surface area contributed by atoms with Gasteiger partial charge in [-0.3, -0.25) is 4.79 Å². The zero-order valence-corrected chi connectivity index (χ0v) is 14.6. The number of carbonyl (C=O) groups is 1. The molecular formula is C18H23ClN2O3. The van der Waals surface area contributed by atoms with Crippen molar-refractivity contribution in [1.29, 1.82) is 0 Å². The molecule has 0 bridgehead atoms. The quantitative estimate of drug-likeness (QED) is 0.805. The van der Waals surface area contributed by atoms with Crippen LogP contribution in [0.4, 0.5) is 0 Å². The molecule has 130 valence electrons. The fourth-order valence-electron chi connectivity index (χ4n) is 2.11. The SMILES string of the molecule is COc1ccccc1OC(C)CNC(=O)c1ccc(CN)cc1.Cl. The minimum atomic E-state index is -0.182. The molecule has 0 heterocycles. The first-order valence-electron chi connectivity index (χ1n) is 7.51. The molecule has 1 unspecified atom stereocenters. The zero-order chi connectivity index (χ0) is 16.7. The van der Waals surface area contributed by atoms with E-state index in [1.165, 1.54) is 0 Å². The molecule has 6 heteroatoms. The lowest BCUT2D eigenvalue weighted by molar-refractivity contribution is 0.0931. The smallest absolute Gasteiger partial charge is 0.251 e. The van der Waals surface area contributed by atoms with Crippen LogP contribution in [-0.2, 0) is 6.54 Å². The summed E-state index contributed by atoms with van der Waals surface area (Å²) in [4.78, 5) is 12.1. The predicted molar refractivity (Wildman–Crippen MR) is 97.0 cm³/mol. The third-order valence-electron chi connectivity index (χ3n) is 3.40. The van der Waals surface area contributed by atoms with Crippen molar-refractivity contribution in [2.24, 2.45) is 5.73 Å². The van der Waals surface area contributed by atoms with Crippen molar-refractivity contribution in [3.8, 4) is 11.5 Å². The number of carbonyl (C=O) groups excluding carboxylic acids is 1. The minimum Gasteiger partial charge on any atom is -0.493 e. The van der Waals surface area contributed by atoms with Gasteiger partial charge in [0.25, 0.3) is 5.91 Å². The van der Waals surface area contributed by atoms with Crippen LogP contribution in [0.15, 0.2) is 48.5 Å². The van der Waals surface area contributed by atoms with E-state index in [0.29, 0.717) is 30.2 Å². The minimum absolute atomic E-state index is 0. The van der Waals surface area contributed by atoms with Crippen LogP contribution < -0.4 is 20.5 Å². The number of methoxy groups -OCH3 is 1. The van der Waals surface area contributed by atoms with E-state index >= 15 is 0 Å². The number of nitrogens with two attached hydrogens (primary N) is 1. The molecule has 0 fully saturated rings. The highest BCUT2D eigenvalue weighted by atomic mass is 35.5. The summed E-state index contributed by atoms with van der Waals surface area (Å²) in [6.07, 6.45) is -0.182. The lowest BCUT2D eigenvalue weighted by atomic mass is 10.1. The molecule has 2 rings (SSSR count). The fraction of sp³-hybridized carbons (Fsp3) is 0.278. The van der Waals surface area contributed by atoms with E-state index < -0.39 is 0 Å². The molecule has 3 N–H and O–H groups in total. The second-order valence-corrected chi connectivity index (χ2v) is 5.19. The average molecular weight is 351 g/mol. The van der Waals surface area contributed by atoms with Gasteiger partial charge in [0, 0.05) is 12.1 Å². The highest BCUT2D eigenvalue weighted by Gasteiger charge is 2.11. The van der Waals surface area contributed by atoms with Gasteiger partial charge in [-0.1, -0.05) is 24.3 Å². The van der Waals surface area contributed by atoms with Gasteiger partial charge in [-0.25, -0.2) is 0 Å². The van der Waals surface area contributed by atoms with Crippen LogP contribution >= 0.6 is 12.4 Å². The Kier molecular flexibility index (Phi) is 8.09. The van der Waals surface area contributed by atoms with Crippen molar-refractivity contribution in [3.63, 3.8) is 0 Å². The first-order valence-corrected chi connectivity index (χ1v) is 7.51. The molecule has 0 saturated heterocycles. The van der Waals surface area contributed by atoms with Crippen molar-refractivity contribution in [2.75, 3.05) is 13.7 Å². The number of benzene rings is 2. The lowest BCUT2D eigenvalue weighted by Crippen LogP contribution is -2.33. The van der Waals surface area contributed by atoms with Gasteiger partial charge in [0.15, 0.2) is 11.5 Å². The van der Waals surface area contributed by atoms with Gasteiger partial charge in [0.05, 0.1) is 13.7 Å². The van der Waals surface area contributed by atoms with Crippen LogP contribution in [0.5, 0.6) is 11.5 Å². The van der Waals surface area contributed by atoms with Gasteiger partial charge in [-0.05, 0) is 36.8 Å². The fourth-order valence-corrected chi connectivity index (χ4v) is 2.11. The third-order valence-corrected chi connectivity index (χ3v) is 3.40. The van der Waals surface area contributed by atoms with Gasteiger partial charge in [-0.15, -0.1) is 12.4 Å². The lowest BCUT2D eigenvalue weighted by Gasteiger charge is -2.17. The second-order valence-electron chi connectivity index (χ2n) is 5.19. The molecular weight excluding hydrogens is 328 g/mol. The molecule has 24 heavy (non-hydrogen) atoms. The standard InChI is InChI=1S/C18H22N2O3.ClH/c1-13(23-17-6-4-3-5-16(17)22-2)12-20-18(21)15-9-7-14(11-19)8-10-15;/h3-10,13H,11-12,19H2,1-2H3,(H,20,21);1H. The molecule has 2 aromatic rings. The Hall–Kier alpha value is -2.24. The average Bonchev–Trinajstić information content (AvgIpc) is 2.60. The maximum atomic E-state index is 12.1. The molecule has 0 aliphatic carbocycles. The summed E-state index contributed by atoms with van der Waals surface area (Å²) in [6.45, 7) is 2.76. The molecule has 5 nitrogen and oxygen atoms in total. The van der Waals surface area contributed by atoms with Crippen LogP contribution in [0.25, 0.3) is 0 Å². The van der Waals surface area contributed by atoms with Gasteiger partial charge in [-0.2, -0.15) is 0 Å². The summed E-state index contributed by atoms with van der Waals surface area (Å²) in [5, 5.41) is 2.86. The molecule has 0 spiro atoms. The van der Waals surface area contributed by atoms with Crippen molar-refractivity contribution in [3.05, 3.63) is 59.7 Å². The monoisotopic (exact) mass is 350 g/mol. The van der Waals surface area contributed by atoms with Crippen LogP contribution in [0, 0.1) is 0 Å². The summed E-state index contributed by atoms with van der Waals surface area (Å²) in [7, 11) is 1.60. The highest BCUT2D eigenvalue weighted by Crippen LogP contribution is 2.26. The van der Waals surface area contributed by atoms with E-state index in [9.17, 15) is 4.79 Å². The number of amides is 1. The Morgan fingerprint density at radius 3 is 2.33 bits per heavy atom. The molecule has 0 radical (unpaired) electrons. The number of halogens is 1. The first kappa shape index (κ1) is 19.8. The van der Waals surface area contributed by atoms with Crippen molar-refractivity contribution in [2.45, 2.75) is 19.6 Å². The molecule has 0 saturated carbocycles. The predicted octanol–water partition coefficient (Wildman–Crippen LogP) is 2.77. The second kappa shape index (κ2) is 9.80. The van der Waals surface area contributed by atoms with Crippen LogP contribution in [0.1, 0.15) is 22.8 Å². The zero-order valence-electron chi connectivity index (χ0n) is 13.8. The Morgan fingerprint density at radius 1 is 1.12 bits per heavy atom. The number of hydrogen-bond acceptors (Lipinski definition) is 4. The van der Waals surface area contributed by atoms with E-state index in [1.807, 2.05) is 43.3 Å².